The highest BCUT2D eigenvalue weighted by Crippen LogP contribution is 2.45. The molecule has 0 radical (unpaired) electrons. The van der Waals surface area contributed by atoms with Crippen molar-refractivity contribution in [3.05, 3.63) is 65.2 Å². The van der Waals surface area contributed by atoms with Gasteiger partial charge in [-0.2, -0.15) is 13.2 Å². The molecule has 4 atom stereocenters. The molecule has 2 aromatic carbocycles. The number of rotatable bonds is 6. The van der Waals surface area contributed by atoms with E-state index >= 15 is 0 Å². The number of esters is 1. The second-order valence-electron chi connectivity index (χ2n) is 9.04. The maximum absolute atomic E-state index is 13.6. The van der Waals surface area contributed by atoms with E-state index in [1.165, 1.54) is 18.7 Å². The summed E-state index contributed by atoms with van der Waals surface area (Å²) in [6.07, 6.45) is -2.31. The first kappa shape index (κ1) is 22.6. The van der Waals surface area contributed by atoms with Crippen molar-refractivity contribution in [2.24, 2.45) is 17.8 Å². The molecule has 1 heterocycles. The lowest BCUT2D eigenvalue weighted by Crippen LogP contribution is -2.46. The van der Waals surface area contributed by atoms with Crippen LogP contribution in [-0.4, -0.2) is 37.1 Å². The van der Waals surface area contributed by atoms with Crippen LogP contribution in [0.15, 0.2) is 48.5 Å². The van der Waals surface area contributed by atoms with E-state index in [1.54, 1.807) is 0 Å². The summed E-state index contributed by atoms with van der Waals surface area (Å²) in [4.78, 5) is 14.3. The number of likely N-dealkylation sites (tertiary alicyclic amines) is 1. The number of methoxy groups -OCH3 is 1. The number of carbonyl (C=O) groups excluding carboxylic acids is 1. The molecule has 1 saturated carbocycles. The van der Waals surface area contributed by atoms with Crippen molar-refractivity contribution in [1.29, 1.82) is 0 Å². The van der Waals surface area contributed by atoms with E-state index in [4.69, 9.17) is 0 Å². The fraction of sp³-hybridized carbons (Fsp3) is 0.480. The zero-order valence-corrected chi connectivity index (χ0v) is 18.4. The number of anilines is 1. The Bertz CT molecular complexity index is 934. The zero-order valence-electron chi connectivity index (χ0n) is 18.4. The third-order valence-electron chi connectivity index (χ3n) is 6.94. The smallest absolute Gasteiger partial charge is 0.418 e. The van der Waals surface area contributed by atoms with E-state index in [9.17, 15) is 18.0 Å². The maximum atomic E-state index is 13.6. The minimum atomic E-state index is -4.51. The Hall–Kier alpha value is -2.54. The monoisotopic (exact) mass is 446 g/mol. The molecule has 1 N–H and O–H groups in total. The van der Waals surface area contributed by atoms with E-state index in [1.807, 2.05) is 25.1 Å². The minimum Gasteiger partial charge on any atom is -0.465 e. The number of alkyl halides is 3. The third kappa shape index (κ3) is 4.77. The average molecular weight is 447 g/mol. The molecule has 2 fully saturated rings. The van der Waals surface area contributed by atoms with Crippen molar-refractivity contribution >= 4 is 11.7 Å². The summed E-state index contributed by atoms with van der Waals surface area (Å²) in [5.74, 6) is 0.532. The van der Waals surface area contributed by atoms with Gasteiger partial charge in [-0.3, -0.25) is 4.90 Å². The second-order valence-corrected chi connectivity index (χ2v) is 9.04. The van der Waals surface area contributed by atoms with Gasteiger partial charge in [0.15, 0.2) is 0 Å². The van der Waals surface area contributed by atoms with Crippen LogP contribution < -0.4 is 5.32 Å². The molecule has 32 heavy (non-hydrogen) atoms. The molecule has 4 nitrogen and oxygen atoms in total. The number of carbonyl (C=O) groups is 1. The molecule has 1 aliphatic carbocycles. The van der Waals surface area contributed by atoms with Gasteiger partial charge in [-0.15, -0.1) is 0 Å². The predicted octanol–water partition coefficient (Wildman–Crippen LogP) is 5.45. The van der Waals surface area contributed by atoms with Crippen molar-refractivity contribution in [2.45, 2.75) is 38.5 Å². The van der Waals surface area contributed by atoms with Gasteiger partial charge in [0.25, 0.3) is 0 Å². The van der Waals surface area contributed by atoms with Gasteiger partial charge in [-0.1, -0.05) is 30.3 Å². The van der Waals surface area contributed by atoms with E-state index in [-0.39, 0.29) is 17.3 Å². The first-order valence-electron chi connectivity index (χ1n) is 11.1. The fourth-order valence-corrected chi connectivity index (χ4v) is 5.65. The molecule has 172 valence electrons. The first-order chi connectivity index (χ1) is 15.3. The van der Waals surface area contributed by atoms with Gasteiger partial charge in [0.05, 0.1) is 18.2 Å². The Balaban J connectivity index is 1.50. The van der Waals surface area contributed by atoms with Crippen LogP contribution in [0.2, 0.25) is 0 Å². The average Bonchev–Trinajstić information content (AvgIpc) is 3.04. The molecule has 0 amide bonds. The molecule has 1 aliphatic heterocycles. The summed E-state index contributed by atoms with van der Waals surface area (Å²) in [5, 5.41) is 3.13. The highest BCUT2D eigenvalue weighted by molar-refractivity contribution is 5.90. The molecule has 0 unspecified atom stereocenters. The summed E-state index contributed by atoms with van der Waals surface area (Å²) >= 11 is 0. The van der Waals surface area contributed by atoms with E-state index in [0.717, 1.165) is 44.6 Å². The number of fused-ring (bicyclic) bond motifs is 2. The molecule has 7 heteroatoms. The van der Waals surface area contributed by atoms with Gasteiger partial charge in [-0.25, -0.2) is 4.79 Å². The van der Waals surface area contributed by atoms with Gasteiger partial charge in [0.2, 0.25) is 0 Å². The van der Waals surface area contributed by atoms with Crippen LogP contribution in [-0.2, 0) is 17.5 Å². The van der Waals surface area contributed by atoms with Gasteiger partial charge < -0.3 is 10.1 Å². The molecular formula is C25H29F3N2O2. The minimum absolute atomic E-state index is 0.0565. The van der Waals surface area contributed by atoms with Crippen LogP contribution in [0.1, 0.15) is 41.3 Å². The highest BCUT2D eigenvalue weighted by Gasteiger charge is 2.45. The summed E-state index contributed by atoms with van der Waals surface area (Å²) in [5.41, 5.74) is 0.576. The number of hydrogen-bond acceptors (Lipinski definition) is 4. The summed E-state index contributed by atoms with van der Waals surface area (Å²) < 4.78 is 45.5. The van der Waals surface area contributed by atoms with Crippen LogP contribution in [0.5, 0.6) is 0 Å². The number of hydrogen-bond donors (Lipinski definition) is 1. The van der Waals surface area contributed by atoms with Gasteiger partial charge in [0.1, 0.15) is 0 Å². The van der Waals surface area contributed by atoms with Crippen molar-refractivity contribution in [3.63, 3.8) is 0 Å². The Morgan fingerprint density at radius 2 is 1.78 bits per heavy atom. The number of piperidine rings is 1. The van der Waals surface area contributed by atoms with Crippen molar-refractivity contribution in [2.75, 3.05) is 25.5 Å². The number of nitrogens with zero attached hydrogens (tertiary/aromatic N) is 1. The highest BCUT2D eigenvalue weighted by atomic mass is 19.4. The second kappa shape index (κ2) is 9.14. The van der Waals surface area contributed by atoms with E-state index < -0.39 is 17.7 Å². The first-order valence-corrected chi connectivity index (χ1v) is 11.1. The lowest BCUT2D eigenvalue weighted by atomic mass is 9.80. The van der Waals surface area contributed by atoms with Crippen molar-refractivity contribution in [1.82, 2.24) is 4.90 Å². The quantitative estimate of drug-likeness (QED) is 0.599. The largest absolute Gasteiger partial charge is 0.465 e. The Morgan fingerprint density at radius 1 is 1.12 bits per heavy atom. The van der Waals surface area contributed by atoms with Crippen LogP contribution in [0.25, 0.3) is 0 Å². The van der Waals surface area contributed by atoms with Crippen LogP contribution in [0.4, 0.5) is 18.9 Å². The normalized spacial score (nSPS) is 24.2. The number of nitrogens with one attached hydrogen (secondary N) is 1. The Kier molecular flexibility index (Phi) is 6.47. The fourth-order valence-electron chi connectivity index (χ4n) is 5.65. The SMILES string of the molecule is COC(=O)c1ccc(C(F)(F)F)c(N[C@@H](C)[C@H]2[C@@H]3CC[C@H]2CN(Cc2ccccc2)C3)c1. The lowest BCUT2D eigenvalue weighted by molar-refractivity contribution is -0.137. The maximum Gasteiger partial charge on any atom is 0.418 e. The molecule has 0 aromatic heterocycles. The zero-order chi connectivity index (χ0) is 22.9. The summed E-state index contributed by atoms with van der Waals surface area (Å²) in [6.45, 7) is 4.78. The predicted molar refractivity (Wildman–Crippen MR) is 117 cm³/mol. The summed E-state index contributed by atoms with van der Waals surface area (Å²) in [6, 6.07) is 13.6. The lowest BCUT2D eigenvalue weighted by Gasteiger charge is -2.41. The summed E-state index contributed by atoms with van der Waals surface area (Å²) in [7, 11) is 1.22. The number of halogens is 3. The van der Waals surface area contributed by atoms with Crippen molar-refractivity contribution in [3.8, 4) is 0 Å². The molecule has 4 rings (SSSR count). The van der Waals surface area contributed by atoms with Crippen molar-refractivity contribution < 1.29 is 22.7 Å². The van der Waals surface area contributed by atoms with Crippen LogP contribution in [0, 0.1) is 17.8 Å². The molecule has 2 aromatic rings. The van der Waals surface area contributed by atoms with E-state index in [2.05, 4.69) is 27.1 Å². The van der Waals surface area contributed by atoms with Gasteiger partial charge in [0, 0.05) is 31.4 Å². The Morgan fingerprint density at radius 3 is 2.38 bits per heavy atom. The van der Waals surface area contributed by atoms with Crippen LogP contribution >= 0.6 is 0 Å². The topological polar surface area (TPSA) is 41.6 Å². The number of ether oxygens (including phenoxy) is 1. The van der Waals surface area contributed by atoms with Gasteiger partial charge >= 0.3 is 12.1 Å². The van der Waals surface area contributed by atoms with E-state index in [0.29, 0.717) is 17.8 Å². The Labute approximate surface area is 186 Å². The van der Waals surface area contributed by atoms with Gasteiger partial charge in [-0.05, 0) is 61.3 Å². The molecule has 2 bridgehead atoms. The molecule has 0 spiro atoms. The number of benzene rings is 2. The molecular weight excluding hydrogens is 417 g/mol. The molecule has 2 aliphatic rings. The molecule has 1 saturated heterocycles. The third-order valence-corrected chi connectivity index (χ3v) is 6.94. The standard InChI is InChI=1S/C25H29F3N2O2/c1-16(29-22-12-18(24(31)32-2)10-11-21(22)25(26,27)28)23-19-8-9-20(23)15-30(14-19)13-17-6-4-3-5-7-17/h3-7,10-12,16,19-20,23,29H,8-9,13-15H2,1-2H3/t16-,19-,20+,23+/m0/s1. The van der Waals surface area contributed by atoms with Crippen LogP contribution in [0.3, 0.4) is 0 Å².